The Bertz CT molecular complexity index is 968. The van der Waals surface area contributed by atoms with Gasteiger partial charge < -0.3 is 24.3 Å². The number of methoxy groups -OCH3 is 2. The Labute approximate surface area is 149 Å². The molecule has 0 radical (unpaired) electrons. The molecule has 0 saturated heterocycles. The number of aromatic amines is 1. The largest absolute Gasteiger partial charge is 0.497 e. The maximum atomic E-state index is 12.3. The van der Waals surface area contributed by atoms with Crippen molar-refractivity contribution in [1.82, 2.24) is 9.97 Å². The van der Waals surface area contributed by atoms with Gasteiger partial charge in [-0.25, -0.2) is 0 Å². The molecule has 7 heteroatoms. The van der Waals surface area contributed by atoms with Crippen molar-refractivity contribution >= 4 is 0 Å². The summed E-state index contributed by atoms with van der Waals surface area (Å²) in [7, 11) is 3.07. The topological polar surface area (TPSA) is 93.7 Å². The highest BCUT2D eigenvalue weighted by Gasteiger charge is 2.15. The number of rotatable bonds is 6. The lowest BCUT2D eigenvalue weighted by Gasteiger charge is -2.11. The number of nitrogens with one attached hydrogen (secondary N) is 1. The van der Waals surface area contributed by atoms with Gasteiger partial charge in [-0.1, -0.05) is 24.3 Å². The third-order valence-electron chi connectivity index (χ3n) is 3.69. The summed E-state index contributed by atoms with van der Waals surface area (Å²) in [5, 5.41) is 10.2. The quantitative estimate of drug-likeness (QED) is 0.707. The number of benzene rings is 2. The van der Waals surface area contributed by atoms with E-state index in [2.05, 4.69) is 9.97 Å². The monoisotopic (exact) mass is 354 g/mol. The third kappa shape index (κ3) is 3.77. The first-order valence-electron chi connectivity index (χ1n) is 7.86. The summed E-state index contributed by atoms with van der Waals surface area (Å²) in [6.07, 6.45) is 0.328. The van der Waals surface area contributed by atoms with Gasteiger partial charge in [-0.05, 0) is 29.8 Å². The van der Waals surface area contributed by atoms with Crippen molar-refractivity contribution in [3.05, 3.63) is 70.3 Å². The van der Waals surface area contributed by atoms with Crippen molar-refractivity contribution in [2.75, 3.05) is 14.2 Å². The van der Waals surface area contributed by atoms with Crippen LogP contribution in [0.3, 0.4) is 0 Å². The molecular formula is C19H18N2O5. The predicted octanol–water partition coefficient (Wildman–Crippen LogP) is 2.88. The van der Waals surface area contributed by atoms with Crippen molar-refractivity contribution in [3.8, 4) is 28.9 Å². The Balaban J connectivity index is 1.87. The first kappa shape index (κ1) is 17.3. The van der Waals surface area contributed by atoms with Crippen LogP contribution in [0.25, 0.3) is 0 Å². The molecule has 3 aromatic rings. The summed E-state index contributed by atoms with van der Waals surface area (Å²) in [6.45, 7) is 0. The summed E-state index contributed by atoms with van der Waals surface area (Å²) in [5.41, 5.74) is 0.298. The molecule has 26 heavy (non-hydrogen) atoms. The maximum Gasteiger partial charge on any atom is 0.298 e. The van der Waals surface area contributed by atoms with Gasteiger partial charge in [0.1, 0.15) is 11.6 Å². The van der Waals surface area contributed by atoms with Crippen molar-refractivity contribution in [3.63, 3.8) is 0 Å². The van der Waals surface area contributed by atoms with Gasteiger partial charge in [-0.2, -0.15) is 4.98 Å². The van der Waals surface area contributed by atoms with Gasteiger partial charge in [0, 0.05) is 6.42 Å². The van der Waals surface area contributed by atoms with E-state index >= 15 is 0 Å². The standard InChI is InChI=1S/C19H18N2O5/c1-24-13-7-5-6-12(10-13)11-16-20-18(22)17(19(23)21-16)26-15-9-4-3-8-14(15)25-2/h3-10H,11H2,1-2H3,(H2,20,21,22,23). The molecule has 0 saturated carbocycles. The molecule has 0 aliphatic rings. The molecule has 0 aliphatic carbocycles. The number of ether oxygens (including phenoxy) is 3. The third-order valence-corrected chi connectivity index (χ3v) is 3.69. The molecule has 0 atom stereocenters. The smallest absolute Gasteiger partial charge is 0.298 e. The average Bonchev–Trinajstić information content (AvgIpc) is 2.65. The van der Waals surface area contributed by atoms with E-state index in [-0.39, 0.29) is 5.75 Å². The van der Waals surface area contributed by atoms with Crippen molar-refractivity contribution in [2.45, 2.75) is 6.42 Å². The summed E-state index contributed by atoms with van der Waals surface area (Å²) in [5.74, 6) is 0.977. The SMILES string of the molecule is COc1cccc(Cc2nc(O)c(Oc3ccccc3OC)c(=O)[nH]2)c1. The van der Waals surface area contributed by atoms with Gasteiger partial charge in [0.2, 0.25) is 0 Å². The number of para-hydroxylation sites is 2. The van der Waals surface area contributed by atoms with Crippen LogP contribution in [0.4, 0.5) is 0 Å². The van der Waals surface area contributed by atoms with E-state index < -0.39 is 11.4 Å². The average molecular weight is 354 g/mol. The van der Waals surface area contributed by atoms with E-state index in [1.54, 1.807) is 31.4 Å². The zero-order valence-electron chi connectivity index (χ0n) is 14.4. The minimum atomic E-state index is -0.582. The molecule has 0 bridgehead atoms. The lowest BCUT2D eigenvalue weighted by Crippen LogP contribution is -2.14. The summed E-state index contributed by atoms with van der Waals surface area (Å²) < 4.78 is 15.8. The summed E-state index contributed by atoms with van der Waals surface area (Å²) in [4.78, 5) is 19.0. The van der Waals surface area contributed by atoms with Crippen molar-refractivity contribution in [1.29, 1.82) is 0 Å². The number of H-pyrrole nitrogens is 1. The van der Waals surface area contributed by atoms with Gasteiger partial charge in [0.05, 0.1) is 14.2 Å². The summed E-state index contributed by atoms with van der Waals surface area (Å²) >= 11 is 0. The van der Waals surface area contributed by atoms with Crippen LogP contribution in [-0.4, -0.2) is 29.3 Å². The van der Waals surface area contributed by atoms with Crippen LogP contribution in [0.15, 0.2) is 53.3 Å². The number of aromatic hydroxyl groups is 1. The first-order valence-corrected chi connectivity index (χ1v) is 7.86. The van der Waals surface area contributed by atoms with Crippen LogP contribution in [0.1, 0.15) is 11.4 Å². The highest BCUT2D eigenvalue weighted by atomic mass is 16.5. The highest BCUT2D eigenvalue weighted by molar-refractivity contribution is 5.44. The van der Waals surface area contributed by atoms with Crippen LogP contribution in [0.5, 0.6) is 28.9 Å². The number of aromatic nitrogens is 2. The number of nitrogens with zero attached hydrogens (tertiary/aromatic N) is 1. The Morgan fingerprint density at radius 3 is 2.50 bits per heavy atom. The normalized spacial score (nSPS) is 10.4. The van der Waals surface area contributed by atoms with E-state index in [9.17, 15) is 9.90 Å². The van der Waals surface area contributed by atoms with E-state index in [1.807, 2.05) is 24.3 Å². The zero-order chi connectivity index (χ0) is 18.5. The molecule has 2 N–H and O–H groups in total. The number of hydrogen-bond acceptors (Lipinski definition) is 6. The lowest BCUT2D eigenvalue weighted by atomic mass is 10.1. The minimum absolute atomic E-state index is 0.288. The van der Waals surface area contributed by atoms with E-state index in [1.165, 1.54) is 7.11 Å². The second kappa shape index (κ2) is 7.60. The summed E-state index contributed by atoms with van der Waals surface area (Å²) in [6, 6.07) is 14.2. The van der Waals surface area contributed by atoms with Crippen molar-refractivity contribution in [2.24, 2.45) is 0 Å². The van der Waals surface area contributed by atoms with Gasteiger partial charge in [0.15, 0.2) is 11.5 Å². The minimum Gasteiger partial charge on any atom is -0.497 e. The lowest BCUT2D eigenvalue weighted by molar-refractivity contribution is 0.356. The first-order chi connectivity index (χ1) is 12.6. The van der Waals surface area contributed by atoms with Crippen LogP contribution in [0, 0.1) is 0 Å². The van der Waals surface area contributed by atoms with Crippen LogP contribution in [-0.2, 0) is 6.42 Å². The van der Waals surface area contributed by atoms with Crippen LogP contribution in [0.2, 0.25) is 0 Å². The fourth-order valence-electron chi connectivity index (χ4n) is 2.46. The highest BCUT2D eigenvalue weighted by Crippen LogP contribution is 2.32. The van der Waals surface area contributed by atoms with Crippen LogP contribution >= 0.6 is 0 Å². The van der Waals surface area contributed by atoms with Crippen LogP contribution < -0.4 is 19.8 Å². The van der Waals surface area contributed by atoms with Crippen molar-refractivity contribution < 1.29 is 19.3 Å². The number of hydrogen-bond donors (Lipinski definition) is 2. The van der Waals surface area contributed by atoms with Gasteiger partial charge in [-0.3, -0.25) is 4.79 Å². The van der Waals surface area contributed by atoms with Gasteiger partial charge >= 0.3 is 0 Å². The maximum absolute atomic E-state index is 12.3. The Morgan fingerprint density at radius 2 is 1.81 bits per heavy atom. The molecule has 1 aromatic heterocycles. The predicted molar refractivity (Wildman–Crippen MR) is 95.4 cm³/mol. The van der Waals surface area contributed by atoms with E-state index in [0.29, 0.717) is 29.5 Å². The van der Waals surface area contributed by atoms with Gasteiger partial charge in [-0.15, -0.1) is 0 Å². The fraction of sp³-hybridized carbons (Fsp3) is 0.158. The zero-order valence-corrected chi connectivity index (χ0v) is 14.4. The molecule has 3 rings (SSSR count). The second-order valence-corrected chi connectivity index (χ2v) is 5.45. The molecule has 0 spiro atoms. The fourth-order valence-corrected chi connectivity index (χ4v) is 2.46. The molecule has 0 unspecified atom stereocenters. The Hall–Kier alpha value is -3.48. The second-order valence-electron chi connectivity index (χ2n) is 5.45. The van der Waals surface area contributed by atoms with Gasteiger partial charge in [0.25, 0.3) is 17.2 Å². The van der Waals surface area contributed by atoms with E-state index in [4.69, 9.17) is 14.2 Å². The Morgan fingerprint density at radius 1 is 1.04 bits per heavy atom. The van der Waals surface area contributed by atoms with E-state index in [0.717, 1.165) is 5.56 Å². The molecule has 0 aliphatic heterocycles. The molecular weight excluding hydrogens is 336 g/mol. The molecule has 134 valence electrons. The molecule has 0 amide bonds. The molecule has 0 fully saturated rings. The molecule has 7 nitrogen and oxygen atoms in total. The molecule has 1 heterocycles. The molecule has 2 aromatic carbocycles. The Kier molecular flexibility index (Phi) is 5.07.